The predicted molar refractivity (Wildman–Crippen MR) is 78.0 cm³/mol. The predicted octanol–water partition coefficient (Wildman–Crippen LogP) is 4.74. The third-order valence-corrected chi connectivity index (χ3v) is 3.48. The van der Waals surface area contributed by atoms with Crippen LogP contribution in [0.25, 0.3) is 0 Å². The fraction of sp³-hybridized carbons (Fsp3) is 0.0769. The highest BCUT2D eigenvalue weighted by atomic mass is 79.9. The minimum Gasteiger partial charge on any atom is -0.398 e. The average Bonchev–Trinajstić information content (AvgIpc) is 2.29. The summed E-state index contributed by atoms with van der Waals surface area (Å²) >= 11 is 9.57. The van der Waals surface area contributed by atoms with E-state index < -0.39 is 0 Å². The molecule has 0 fully saturated rings. The van der Waals surface area contributed by atoms with Crippen LogP contribution in [0.2, 0.25) is 5.02 Å². The van der Waals surface area contributed by atoms with Crippen LogP contribution in [0.1, 0.15) is 5.56 Å². The number of rotatable bonds is 2. The smallest absolute Gasteiger partial charge is 0.0640 e. The fourth-order valence-corrected chi connectivity index (χ4v) is 2.14. The second-order valence-electron chi connectivity index (χ2n) is 3.79. The molecule has 4 heteroatoms. The molecular weight excluding hydrogens is 300 g/mol. The second-order valence-corrected chi connectivity index (χ2v) is 5.06. The maximum Gasteiger partial charge on any atom is 0.0640 e. The van der Waals surface area contributed by atoms with Gasteiger partial charge in [-0.25, -0.2) is 0 Å². The van der Waals surface area contributed by atoms with E-state index in [9.17, 15) is 0 Å². The molecule has 3 N–H and O–H groups in total. The van der Waals surface area contributed by atoms with Crippen molar-refractivity contribution in [3.63, 3.8) is 0 Å². The zero-order chi connectivity index (χ0) is 12.4. The number of nitrogens with one attached hydrogen (secondary N) is 1. The largest absolute Gasteiger partial charge is 0.398 e. The zero-order valence-electron chi connectivity index (χ0n) is 9.30. The third-order valence-electron chi connectivity index (χ3n) is 2.50. The summed E-state index contributed by atoms with van der Waals surface area (Å²) in [7, 11) is 0. The lowest BCUT2D eigenvalue weighted by Crippen LogP contribution is -1.96. The molecule has 0 atom stereocenters. The maximum absolute atomic E-state index is 6.10. The van der Waals surface area contributed by atoms with E-state index in [1.807, 2.05) is 43.3 Å². The summed E-state index contributed by atoms with van der Waals surface area (Å²) in [6.45, 7) is 1.97. The number of hydrogen-bond acceptors (Lipinski definition) is 2. The van der Waals surface area contributed by atoms with Gasteiger partial charge in [-0.3, -0.25) is 0 Å². The van der Waals surface area contributed by atoms with Crippen molar-refractivity contribution in [2.45, 2.75) is 6.92 Å². The SMILES string of the molecule is Cc1cc(Nc2ccccc2Cl)c(Br)cc1N. The van der Waals surface area contributed by atoms with E-state index in [-0.39, 0.29) is 0 Å². The van der Waals surface area contributed by atoms with E-state index in [1.165, 1.54) is 0 Å². The molecule has 0 aliphatic heterocycles. The van der Waals surface area contributed by atoms with Crippen LogP contribution in [-0.2, 0) is 0 Å². The third kappa shape index (κ3) is 2.73. The van der Waals surface area contributed by atoms with Gasteiger partial charge in [0.25, 0.3) is 0 Å². The topological polar surface area (TPSA) is 38.0 Å². The molecular formula is C13H12BrClN2. The van der Waals surface area contributed by atoms with E-state index in [0.717, 1.165) is 27.1 Å². The van der Waals surface area contributed by atoms with Crippen LogP contribution >= 0.6 is 27.5 Å². The van der Waals surface area contributed by atoms with Crippen molar-refractivity contribution in [2.24, 2.45) is 0 Å². The Morgan fingerprint density at radius 1 is 1.18 bits per heavy atom. The van der Waals surface area contributed by atoms with Gasteiger partial charge in [0.2, 0.25) is 0 Å². The molecule has 0 aliphatic rings. The minimum atomic E-state index is 0.689. The minimum absolute atomic E-state index is 0.689. The average molecular weight is 312 g/mol. The van der Waals surface area contributed by atoms with Gasteiger partial charge >= 0.3 is 0 Å². The molecule has 2 nitrogen and oxygen atoms in total. The standard InChI is InChI=1S/C13H12BrClN2/c1-8-6-13(9(14)7-11(8)16)17-12-5-3-2-4-10(12)15/h2-7,17H,16H2,1H3. The van der Waals surface area contributed by atoms with Crippen LogP contribution in [0.5, 0.6) is 0 Å². The van der Waals surface area contributed by atoms with Crippen molar-refractivity contribution in [1.82, 2.24) is 0 Å². The van der Waals surface area contributed by atoms with Crippen LogP contribution in [0, 0.1) is 6.92 Å². The zero-order valence-corrected chi connectivity index (χ0v) is 11.6. The van der Waals surface area contributed by atoms with Crippen LogP contribution < -0.4 is 11.1 Å². The van der Waals surface area contributed by atoms with Gasteiger partial charge in [-0.1, -0.05) is 23.7 Å². The number of nitrogen functional groups attached to an aromatic ring is 1. The van der Waals surface area contributed by atoms with Gasteiger partial charge in [-0.15, -0.1) is 0 Å². The van der Waals surface area contributed by atoms with Crippen molar-refractivity contribution in [1.29, 1.82) is 0 Å². The Morgan fingerprint density at radius 2 is 1.88 bits per heavy atom. The lowest BCUT2D eigenvalue weighted by atomic mass is 10.2. The maximum atomic E-state index is 6.10. The molecule has 0 bridgehead atoms. The van der Waals surface area contributed by atoms with E-state index in [2.05, 4.69) is 21.2 Å². The molecule has 17 heavy (non-hydrogen) atoms. The lowest BCUT2D eigenvalue weighted by Gasteiger charge is -2.12. The normalized spacial score (nSPS) is 10.3. The number of anilines is 3. The summed E-state index contributed by atoms with van der Waals surface area (Å²) in [4.78, 5) is 0. The summed E-state index contributed by atoms with van der Waals surface area (Å²) in [5.41, 5.74) is 9.45. The number of benzene rings is 2. The summed E-state index contributed by atoms with van der Waals surface area (Å²) in [6.07, 6.45) is 0. The first-order valence-electron chi connectivity index (χ1n) is 5.15. The molecule has 0 aliphatic carbocycles. The number of nitrogens with two attached hydrogens (primary N) is 1. The van der Waals surface area contributed by atoms with E-state index >= 15 is 0 Å². The van der Waals surface area contributed by atoms with Crippen molar-refractivity contribution in [3.05, 3.63) is 51.5 Å². The molecule has 0 radical (unpaired) electrons. The van der Waals surface area contributed by atoms with Gasteiger partial charge in [0.05, 0.1) is 16.4 Å². The number of aryl methyl sites for hydroxylation is 1. The fourth-order valence-electron chi connectivity index (χ4n) is 1.50. The first-order chi connectivity index (χ1) is 8.08. The van der Waals surface area contributed by atoms with Gasteiger partial charge in [0, 0.05) is 10.2 Å². The van der Waals surface area contributed by atoms with Gasteiger partial charge in [0.15, 0.2) is 0 Å². The molecule has 0 spiro atoms. The Bertz CT molecular complexity index is 555. The summed E-state index contributed by atoms with van der Waals surface area (Å²) < 4.78 is 0.917. The summed E-state index contributed by atoms with van der Waals surface area (Å²) in [5.74, 6) is 0. The molecule has 0 heterocycles. The van der Waals surface area contributed by atoms with Crippen molar-refractivity contribution >= 4 is 44.6 Å². The molecule has 0 saturated heterocycles. The van der Waals surface area contributed by atoms with Gasteiger partial charge < -0.3 is 11.1 Å². The van der Waals surface area contributed by atoms with Crippen molar-refractivity contribution in [2.75, 3.05) is 11.1 Å². The lowest BCUT2D eigenvalue weighted by molar-refractivity contribution is 1.43. The van der Waals surface area contributed by atoms with Crippen LogP contribution in [0.15, 0.2) is 40.9 Å². The van der Waals surface area contributed by atoms with Gasteiger partial charge in [0.1, 0.15) is 0 Å². The number of para-hydroxylation sites is 1. The first-order valence-corrected chi connectivity index (χ1v) is 6.32. The van der Waals surface area contributed by atoms with Gasteiger partial charge in [-0.2, -0.15) is 0 Å². The molecule has 2 rings (SSSR count). The van der Waals surface area contributed by atoms with Crippen LogP contribution in [-0.4, -0.2) is 0 Å². The van der Waals surface area contributed by atoms with E-state index in [1.54, 1.807) is 0 Å². The Morgan fingerprint density at radius 3 is 2.59 bits per heavy atom. The van der Waals surface area contributed by atoms with Gasteiger partial charge in [-0.05, 0) is 52.7 Å². The Hall–Kier alpha value is -1.19. The van der Waals surface area contributed by atoms with E-state index in [4.69, 9.17) is 17.3 Å². The molecule has 0 saturated carbocycles. The van der Waals surface area contributed by atoms with Crippen molar-refractivity contribution in [3.8, 4) is 0 Å². The molecule has 0 unspecified atom stereocenters. The Balaban J connectivity index is 2.37. The van der Waals surface area contributed by atoms with Crippen LogP contribution in [0.3, 0.4) is 0 Å². The highest BCUT2D eigenvalue weighted by Crippen LogP contribution is 2.32. The first kappa shape index (κ1) is 12.3. The monoisotopic (exact) mass is 310 g/mol. The summed E-state index contributed by atoms with van der Waals surface area (Å²) in [5, 5.41) is 3.96. The molecule has 2 aromatic carbocycles. The quantitative estimate of drug-likeness (QED) is 0.786. The molecule has 0 amide bonds. The number of hydrogen-bond donors (Lipinski definition) is 2. The molecule has 2 aromatic rings. The molecule has 88 valence electrons. The van der Waals surface area contributed by atoms with Crippen LogP contribution in [0.4, 0.5) is 17.1 Å². The second kappa shape index (κ2) is 4.98. The van der Waals surface area contributed by atoms with Crippen molar-refractivity contribution < 1.29 is 0 Å². The Kier molecular flexibility index (Phi) is 3.60. The summed E-state index contributed by atoms with van der Waals surface area (Å²) in [6, 6.07) is 11.5. The Labute approximate surface area is 114 Å². The van der Waals surface area contributed by atoms with E-state index in [0.29, 0.717) is 5.02 Å². The highest BCUT2D eigenvalue weighted by Gasteiger charge is 2.05. The highest BCUT2D eigenvalue weighted by molar-refractivity contribution is 9.10. The molecule has 0 aromatic heterocycles. The number of halogens is 2.